The summed E-state index contributed by atoms with van der Waals surface area (Å²) in [4.78, 5) is 0. The van der Waals surface area contributed by atoms with E-state index in [9.17, 15) is 0 Å². The fourth-order valence-corrected chi connectivity index (χ4v) is 6.11. The van der Waals surface area contributed by atoms with Crippen LogP contribution in [-0.2, 0) is 11.8 Å². The van der Waals surface area contributed by atoms with Crippen LogP contribution in [0.25, 0.3) is 16.7 Å². The van der Waals surface area contributed by atoms with Gasteiger partial charge >= 0.3 is 0 Å². The molecule has 5 aromatic carbocycles. The molecular formula is C43H45N. The summed E-state index contributed by atoms with van der Waals surface area (Å²) in [5.74, 6) is 0. The highest BCUT2D eigenvalue weighted by Crippen LogP contribution is 2.49. The molecule has 44 heavy (non-hydrogen) atoms. The van der Waals surface area contributed by atoms with Gasteiger partial charge in [-0.15, -0.1) is 0 Å². The van der Waals surface area contributed by atoms with E-state index in [2.05, 4.69) is 154 Å². The molecule has 1 N–H and O–H groups in total. The summed E-state index contributed by atoms with van der Waals surface area (Å²) < 4.78 is 0. The van der Waals surface area contributed by atoms with E-state index < -0.39 is 0 Å². The Balaban J connectivity index is 0.000000165. The Hall–Kier alpha value is -4.62. The minimum absolute atomic E-state index is 0.0433. The van der Waals surface area contributed by atoms with Crippen LogP contribution in [-0.4, -0.2) is 0 Å². The zero-order chi connectivity index (χ0) is 31.1. The molecule has 2 aliphatic rings. The average Bonchev–Trinajstić information content (AvgIpc) is 3.27. The van der Waals surface area contributed by atoms with Crippen molar-refractivity contribution in [2.75, 3.05) is 5.32 Å². The molecule has 2 aliphatic carbocycles. The Kier molecular flexibility index (Phi) is 9.65. The van der Waals surface area contributed by atoms with Crippen LogP contribution in [0.2, 0.25) is 0 Å². The van der Waals surface area contributed by atoms with E-state index in [1.54, 1.807) is 0 Å². The van der Waals surface area contributed by atoms with E-state index >= 15 is 0 Å². The van der Waals surface area contributed by atoms with Crippen LogP contribution < -0.4 is 5.32 Å². The first-order valence-corrected chi connectivity index (χ1v) is 15.8. The average molecular weight is 576 g/mol. The second-order valence-electron chi connectivity index (χ2n) is 12.3. The minimum atomic E-state index is 0.0433. The number of nitrogens with one attached hydrogen (secondary N) is 1. The first kappa shape index (κ1) is 30.8. The lowest BCUT2D eigenvalue weighted by Crippen LogP contribution is -2.15. The summed E-state index contributed by atoms with van der Waals surface area (Å²) >= 11 is 0. The van der Waals surface area contributed by atoms with Crippen LogP contribution in [0, 0.1) is 13.8 Å². The van der Waals surface area contributed by atoms with E-state index in [-0.39, 0.29) is 5.41 Å². The van der Waals surface area contributed by atoms with Crippen LogP contribution in [0.4, 0.5) is 11.4 Å². The van der Waals surface area contributed by atoms with Gasteiger partial charge in [-0.05, 0) is 109 Å². The fourth-order valence-electron chi connectivity index (χ4n) is 6.11. The van der Waals surface area contributed by atoms with Crippen molar-refractivity contribution >= 4 is 16.9 Å². The third-order valence-electron chi connectivity index (χ3n) is 8.66. The first-order valence-electron chi connectivity index (χ1n) is 15.8. The molecule has 0 fully saturated rings. The maximum atomic E-state index is 3.54. The van der Waals surface area contributed by atoms with Gasteiger partial charge in [-0.1, -0.05) is 134 Å². The Bertz CT molecular complexity index is 1760. The number of aryl methyl sites for hydroxylation is 3. The van der Waals surface area contributed by atoms with E-state index in [0.29, 0.717) is 0 Å². The smallest absolute Gasteiger partial charge is 0.0387 e. The van der Waals surface area contributed by atoms with Crippen molar-refractivity contribution in [2.45, 2.75) is 59.8 Å². The van der Waals surface area contributed by atoms with Gasteiger partial charge in [-0.2, -0.15) is 0 Å². The fraction of sp³-hybridized carbons (Fsp3) is 0.209. The number of rotatable bonds is 3. The number of hydrogen-bond acceptors (Lipinski definition) is 1. The molecule has 5 aromatic rings. The van der Waals surface area contributed by atoms with Gasteiger partial charge in [0.1, 0.15) is 0 Å². The van der Waals surface area contributed by atoms with Crippen LogP contribution >= 0.6 is 0 Å². The summed E-state index contributed by atoms with van der Waals surface area (Å²) in [6, 6.07) is 41.5. The van der Waals surface area contributed by atoms with Gasteiger partial charge in [0.2, 0.25) is 0 Å². The van der Waals surface area contributed by atoms with E-state index in [1.807, 2.05) is 26.0 Å². The van der Waals surface area contributed by atoms with Gasteiger partial charge in [0.05, 0.1) is 0 Å². The summed E-state index contributed by atoms with van der Waals surface area (Å²) in [5, 5.41) is 3.54. The van der Waals surface area contributed by atoms with Gasteiger partial charge < -0.3 is 5.32 Å². The van der Waals surface area contributed by atoms with Crippen LogP contribution in [0.5, 0.6) is 0 Å². The SMILES string of the molecule is C/C=C\C.C1=C(c2ccccc2)c2ccccc2CC1.Cc1ccc(Nc2ccc3c(c2)C(C)(C)c2cc(C)ccc2-3)cc1. The van der Waals surface area contributed by atoms with Crippen molar-refractivity contribution in [2.24, 2.45) is 0 Å². The highest BCUT2D eigenvalue weighted by molar-refractivity contribution is 5.84. The molecule has 0 spiro atoms. The summed E-state index contributed by atoms with van der Waals surface area (Å²) in [6.07, 6.45) is 8.69. The molecule has 0 aromatic heterocycles. The van der Waals surface area contributed by atoms with Crippen LogP contribution in [0.1, 0.15) is 73.1 Å². The molecule has 0 unspecified atom stereocenters. The quantitative estimate of drug-likeness (QED) is 0.211. The highest BCUT2D eigenvalue weighted by Gasteiger charge is 2.35. The molecule has 0 heterocycles. The third-order valence-corrected chi connectivity index (χ3v) is 8.66. The summed E-state index contributed by atoms with van der Waals surface area (Å²) in [7, 11) is 0. The van der Waals surface area contributed by atoms with E-state index in [0.717, 1.165) is 17.8 Å². The predicted molar refractivity (Wildman–Crippen MR) is 192 cm³/mol. The molecule has 1 heteroatoms. The van der Waals surface area contributed by atoms with Crippen LogP contribution in [0.3, 0.4) is 0 Å². The van der Waals surface area contributed by atoms with Gasteiger partial charge in [-0.25, -0.2) is 0 Å². The number of benzene rings is 5. The van der Waals surface area contributed by atoms with Gasteiger partial charge in [-0.3, -0.25) is 0 Å². The van der Waals surface area contributed by atoms with Crippen molar-refractivity contribution in [3.63, 3.8) is 0 Å². The Morgan fingerprint density at radius 1 is 0.591 bits per heavy atom. The largest absolute Gasteiger partial charge is 0.356 e. The van der Waals surface area contributed by atoms with Crippen molar-refractivity contribution in [1.29, 1.82) is 0 Å². The normalized spacial score (nSPS) is 13.7. The lowest BCUT2D eigenvalue weighted by Gasteiger charge is -2.22. The minimum Gasteiger partial charge on any atom is -0.356 e. The van der Waals surface area contributed by atoms with Gasteiger partial charge in [0.15, 0.2) is 0 Å². The zero-order valence-electron chi connectivity index (χ0n) is 27.1. The monoisotopic (exact) mass is 575 g/mol. The Morgan fingerprint density at radius 3 is 1.89 bits per heavy atom. The number of hydrogen-bond donors (Lipinski definition) is 1. The maximum absolute atomic E-state index is 3.54. The van der Waals surface area contributed by atoms with E-state index in [1.165, 1.54) is 62.1 Å². The van der Waals surface area contributed by atoms with Crippen molar-refractivity contribution < 1.29 is 0 Å². The maximum Gasteiger partial charge on any atom is 0.0387 e. The number of allylic oxidation sites excluding steroid dienone is 3. The molecule has 0 saturated heterocycles. The van der Waals surface area contributed by atoms with Crippen molar-refractivity contribution in [1.82, 2.24) is 0 Å². The van der Waals surface area contributed by atoms with Crippen LogP contribution in [0.15, 0.2) is 133 Å². The number of anilines is 2. The predicted octanol–water partition coefficient (Wildman–Crippen LogP) is 12.0. The molecular weight excluding hydrogens is 530 g/mol. The van der Waals surface area contributed by atoms with Crippen molar-refractivity contribution in [3.8, 4) is 11.1 Å². The Morgan fingerprint density at radius 2 is 1.18 bits per heavy atom. The first-order chi connectivity index (χ1) is 21.3. The van der Waals surface area contributed by atoms with Gasteiger partial charge in [0.25, 0.3) is 0 Å². The molecule has 0 atom stereocenters. The lowest BCUT2D eigenvalue weighted by atomic mass is 9.82. The molecule has 0 radical (unpaired) electrons. The molecule has 1 nitrogen and oxygen atoms in total. The zero-order valence-corrected chi connectivity index (χ0v) is 27.1. The molecule has 222 valence electrons. The summed E-state index contributed by atoms with van der Waals surface area (Å²) in [6.45, 7) is 12.9. The molecule has 0 saturated carbocycles. The highest BCUT2D eigenvalue weighted by atomic mass is 14.9. The second kappa shape index (κ2) is 13.8. The molecule has 0 bridgehead atoms. The molecule has 0 amide bonds. The van der Waals surface area contributed by atoms with Gasteiger partial charge in [0, 0.05) is 16.8 Å². The third kappa shape index (κ3) is 6.79. The number of fused-ring (bicyclic) bond motifs is 4. The topological polar surface area (TPSA) is 12.0 Å². The second-order valence-corrected chi connectivity index (χ2v) is 12.3. The van der Waals surface area contributed by atoms with E-state index in [4.69, 9.17) is 0 Å². The summed E-state index contributed by atoms with van der Waals surface area (Å²) in [5.41, 5.74) is 16.1. The molecule has 0 aliphatic heterocycles. The van der Waals surface area contributed by atoms with Crippen molar-refractivity contribution in [3.05, 3.63) is 172 Å². The Labute approximate surface area is 265 Å². The standard InChI is InChI=1S/C23H23N.C16H14.C4H8/c1-15-5-8-17(9-6-15)24-18-10-12-20-19-11-7-16(2)13-21(19)23(3,4)22(20)14-18;1-2-7-13(8-3-1)16-12-6-10-14-9-4-5-11-15(14)16;1-3-4-2/h5-14,24H,1-4H3;1-5,7-9,11-12H,6,10H2;3-4H,1-2H3/b;;4-3-. The lowest BCUT2D eigenvalue weighted by molar-refractivity contribution is 0.660. The molecule has 7 rings (SSSR count).